The van der Waals surface area contributed by atoms with Crippen LogP contribution in [0.1, 0.15) is 16.7 Å². The Morgan fingerprint density at radius 2 is 1.70 bits per heavy atom. The van der Waals surface area contributed by atoms with E-state index in [1.54, 1.807) is 6.08 Å². The first kappa shape index (κ1) is 14.5. The Labute approximate surface area is 127 Å². The van der Waals surface area contributed by atoms with Crippen LogP contribution in [0.3, 0.4) is 0 Å². The van der Waals surface area contributed by atoms with Gasteiger partial charge in [0, 0.05) is 10.5 Å². The molecule has 1 amide bonds. The third kappa shape index (κ3) is 4.07. The Balaban J connectivity index is 2.03. The molecule has 1 N–H and O–H groups in total. The van der Waals surface area contributed by atoms with Gasteiger partial charge in [0.1, 0.15) is 0 Å². The normalized spacial score (nSPS) is 10.8. The number of hydrogen-bond donors (Lipinski definition) is 1. The van der Waals surface area contributed by atoms with Gasteiger partial charge in [-0.3, -0.25) is 4.79 Å². The summed E-state index contributed by atoms with van der Waals surface area (Å²) in [7, 11) is 0. The molecule has 2 aromatic rings. The lowest BCUT2D eigenvalue weighted by molar-refractivity contribution is -0.111. The maximum absolute atomic E-state index is 11.9. The minimum atomic E-state index is -0.143. The third-order valence-corrected chi connectivity index (χ3v) is 3.54. The number of carbonyl (C=O) groups is 1. The van der Waals surface area contributed by atoms with E-state index in [4.69, 9.17) is 0 Å². The van der Waals surface area contributed by atoms with E-state index < -0.39 is 0 Å². The molecule has 0 unspecified atom stereocenters. The van der Waals surface area contributed by atoms with Crippen LogP contribution in [0.4, 0.5) is 5.69 Å². The second kappa shape index (κ2) is 6.53. The van der Waals surface area contributed by atoms with Crippen LogP contribution in [-0.2, 0) is 4.79 Å². The van der Waals surface area contributed by atoms with Gasteiger partial charge in [-0.15, -0.1) is 0 Å². The number of rotatable bonds is 3. The first-order chi connectivity index (χ1) is 9.54. The average molecular weight is 330 g/mol. The summed E-state index contributed by atoms with van der Waals surface area (Å²) in [5.74, 6) is -0.143. The molecule has 0 bridgehead atoms. The maximum atomic E-state index is 11.9. The van der Waals surface area contributed by atoms with E-state index in [1.165, 1.54) is 11.6 Å². The predicted molar refractivity (Wildman–Crippen MR) is 87.7 cm³/mol. The van der Waals surface area contributed by atoms with Crippen LogP contribution in [0.2, 0.25) is 0 Å². The van der Waals surface area contributed by atoms with Crippen LogP contribution in [0, 0.1) is 13.8 Å². The monoisotopic (exact) mass is 329 g/mol. The number of aryl methyl sites for hydroxylation is 2. The SMILES string of the molecule is Cc1ccc(/C=C/C(=O)Nc2ccc(C)cc2Br)cc1. The van der Waals surface area contributed by atoms with E-state index in [0.29, 0.717) is 0 Å². The van der Waals surface area contributed by atoms with E-state index >= 15 is 0 Å². The molecule has 0 fully saturated rings. The van der Waals surface area contributed by atoms with Crippen molar-refractivity contribution in [2.75, 3.05) is 5.32 Å². The van der Waals surface area contributed by atoms with Gasteiger partial charge in [-0.2, -0.15) is 0 Å². The zero-order valence-electron chi connectivity index (χ0n) is 11.5. The van der Waals surface area contributed by atoms with Crippen molar-refractivity contribution in [1.82, 2.24) is 0 Å². The molecule has 2 nitrogen and oxygen atoms in total. The Morgan fingerprint density at radius 3 is 2.35 bits per heavy atom. The summed E-state index contributed by atoms with van der Waals surface area (Å²) in [6.45, 7) is 4.04. The average Bonchev–Trinajstić information content (AvgIpc) is 2.41. The van der Waals surface area contributed by atoms with Crippen molar-refractivity contribution in [3.8, 4) is 0 Å². The van der Waals surface area contributed by atoms with Crippen molar-refractivity contribution in [3.63, 3.8) is 0 Å². The molecule has 0 atom stereocenters. The molecule has 102 valence electrons. The van der Waals surface area contributed by atoms with E-state index in [0.717, 1.165) is 21.3 Å². The number of benzene rings is 2. The molecule has 20 heavy (non-hydrogen) atoms. The van der Waals surface area contributed by atoms with Crippen molar-refractivity contribution in [2.45, 2.75) is 13.8 Å². The topological polar surface area (TPSA) is 29.1 Å². The molecule has 0 saturated heterocycles. The van der Waals surface area contributed by atoms with Gasteiger partial charge in [0.2, 0.25) is 5.91 Å². The maximum Gasteiger partial charge on any atom is 0.248 e. The standard InChI is InChI=1S/C17H16BrNO/c1-12-3-6-14(7-4-12)8-10-17(20)19-16-9-5-13(2)11-15(16)18/h3-11H,1-2H3,(H,19,20)/b10-8+. The molecule has 0 aromatic heterocycles. The molecule has 0 spiro atoms. The lowest BCUT2D eigenvalue weighted by Gasteiger charge is -2.05. The van der Waals surface area contributed by atoms with E-state index in [2.05, 4.69) is 21.2 Å². The first-order valence-electron chi connectivity index (χ1n) is 6.36. The molecule has 2 rings (SSSR count). The van der Waals surface area contributed by atoms with Gasteiger partial charge in [0.25, 0.3) is 0 Å². The zero-order chi connectivity index (χ0) is 14.5. The fraction of sp³-hybridized carbons (Fsp3) is 0.118. The molecule has 0 heterocycles. The van der Waals surface area contributed by atoms with Crippen molar-refractivity contribution < 1.29 is 4.79 Å². The summed E-state index contributed by atoms with van der Waals surface area (Å²) in [5, 5.41) is 2.85. The number of nitrogens with one attached hydrogen (secondary N) is 1. The van der Waals surface area contributed by atoms with Gasteiger partial charge in [-0.05, 0) is 59.1 Å². The second-order valence-electron chi connectivity index (χ2n) is 4.72. The fourth-order valence-corrected chi connectivity index (χ4v) is 2.34. The van der Waals surface area contributed by atoms with Crippen LogP contribution in [0.15, 0.2) is 53.0 Å². The van der Waals surface area contributed by atoms with Crippen molar-refractivity contribution in [2.24, 2.45) is 0 Å². The highest BCUT2D eigenvalue weighted by Gasteiger charge is 2.02. The molecule has 0 saturated carbocycles. The molecule has 0 radical (unpaired) electrons. The van der Waals surface area contributed by atoms with E-state index in [-0.39, 0.29) is 5.91 Å². The Bertz CT molecular complexity index is 645. The smallest absolute Gasteiger partial charge is 0.248 e. The van der Waals surface area contributed by atoms with Gasteiger partial charge in [-0.1, -0.05) is 35.9 Å². The van der Waals surface area contributed by atoms with Crippen LogP contribution in [0.5, 0.6) is 0 Å². The Kier molecular flexibility index (Phi) is 4.74. The molecular formula is C17H16BrNO. The third-order valence-electron chi connectivity index (χ3n) is 2.89. The summed E-state index contributed by atoms with van der Waals surface area (Å²) in [6, 6.07) is 13.8. The van der Waals surface area contributed by atoms with E-state index in [1.807, 2.05) is 56.3 Å². The fourth-order valence-electron chi connectivity index (χ4n) is 1.75. The summed E-state index contributed by atoms with van der Waals surface area (Å²) < 4.78 is 0.884. The second-order valence-corrected chi connectivity index (χ2v) is 5.57. The minimum Gasteiger partial charge on any atom is -0.321 e. The van der Waals surface area contributed by atoms with E-state index in [9.17, 15) is 4.79 Å². The van der Waals surface area contributed by atoms with Crippen molar-refractivity contribution in [3.05, 3.63) is 69.7 Å². The van der Waals surface area contributed by atoms with Crippen LogP contribution >= 0.6 is 15.9 Å². The highest BCUT2D eigenvalue weighted by molar-refractivity contribution is 9.10. The largest absolute Gasteiger partial charge is 0.321 e. The van der Waals surface area contributed by atoms with Gasteiger partial charge in [0.15, 0.2) is 0 Å². The van der Waals surface area contributed by atoms with Crippen molar-refractivity contribution >= 4 is 33.6 Å². The number of anilines is 1. The van der Waals surface area contributed by atoms with Gasteiger partial charge in [0.05, 0.1) is 5.69 Å². The first-order valence-corrected chi connectivity index (χ1v) is 7.16. The lowest BCUT2D eigenvalue weighted by atomic mass is 10.1. The quantitative estimate of drug-likeness (QED) is 0.811. The number of carbonyl (C=O) groups excluding carboxylic acids is 1. The Hall–Kier alpha value is -1.87. The molecule has 0 aliphatic carbocycles. The van der Waals surface area contributed by atoms with Crippen LogP contribution in [0.25, 0.3) is 6.08 Å². The van der Waals surface area contributed by atoms with Gasteiger partial charge < -0.3 is 5.32 Å². The number of halogens is 1. The highest BCUT2D eigenvalue weighted by atomic mass is 79.9. The highest BCUT2D eigenvalue weighted by Crippen LogP contribution is 2.23. The lowest BCUT2D eigenvalue weighted by Crippen LogP contribution is -2.08. The molecule has 3 heteroatoms. The molecular weight excluding hydrogens is 314 g/mol. The molecule has 0 aliphatic rings. The summed E-state index contributed by atoms with van der Waals surface area (Å²) in [6.07, 6.45) is 3.34. The number of hydrogen-bond acceptors (Lipinski definition) is 1. The molecule has 0 aliphatic heterocycles. The summed E-state index contributed by atoms with van der Waals surface area (Å²) in [5.41, 5.74) is 4.13. The van der Waals surface area contributed by atoms with Gasteiger partial charge >= 0.3 is 0 Å². The predicted octanol–water partition coefficient (Wildman–Crippen LogP) is 4.72. The zero-order valence-corrected chi connectivity index (χ0v) is 13.1. The minimum absolute atomic E-state index is 0.143. The van der Waals surface area contributed by atoms with Crippen LogP contribution < -0.4 is 5.32 Å². The van der Waals surface area contributed by atoms with Crippen LogP contribution in [-0.4, -0.2) is 5.91 Å². The van der Waals surface area contributed by atoms with Crippen molar-refractivity contribution in [1.29, 1.82) is 0 Å². The summed E-state index contributed by atoms with van der Waals surface area (Å²) in [4.78, 5) is 11.9. The number of amides is 1. The van der Waals surface area contributed by atoms with Gasteiger partial charge in [-0.25, -0.2) is 0 Å². The summed E-state index contributed by atoms with van der Waals surface area (Å²) >= 11 is 3.44. The Morgan fingerprint density at radius 1 is 1.05 bits per heavy atom. The molecule has 2 aromatic carbocycles.